The average molecular weight is 246 g/mol. The molecule has 0 radical (unpaired) electrons. The Balaban J connectivity index is 2.24. The summed E-state index contributed by atoms with van der Waals surface area (Å²) in [6.07, 6.45) is 2.23. The van der Waals surface area contributed by atoms with Gasteiger partial charge in [0.25, 0.3) is 5.91 Å². The number of amides is 1. The largest absolute Gasteiger partial charge is 0.463 e. The maximum Gasteiger partial charge on any atom is 0.255 e. The van der Waals surface area contributed by atoms with Crippen LogP contribution in [0.15, 0.2) is 34.9 Å². The quantitative estimate of drug-likeness (QED) is 0.869. The number of carbonyl (C=O) groups is 1. The predicted molar refractivity (Wildman–Crippen MR) is 71.4 cm³/mol. The molecule has 0 aliphatic rings. The van der Waals surface area contributed by atoms with Gasteiger partial charge in [-0.2, -0.15) is 0 Å². The fourth-order valence-electron chi connectivity index (χ4n) is 1.95. The van der Waals surface area contributed by atoms with Gasteiger partial charge in [0.05, 0.1) is 5.56 Å². The molecule has 1 heterocycles. The Kier molecular flexibility index (Phi) is 3.39. The molecule has 18 heavy (non-hydrogen) atoms. The molecule has 0 bridgehead atoms. The third-order valence-electron chi connectivity index (χ3n) is 2.95. The fraction of sp³-hybridized carbons (Fsp3) is 0.357. The van der Waals surface area contributed by atoms with Crippen LogP contribution in [0.3, 0.4) is 0 Å². The minimum atomic E-state index is -0.315. The van der Waals surface area contributed by atoms with E-state index in [1.807, 2.05) is 38.1 Å². The summed E-state index contributed by atoms with van der Waals surface area (Å²) in [6.45, 7) is 4.46. The number of hydrogen-bond donors (Lipinski definition) is 2. The molecule has 3 N–H and O–H groups in total. The number of nitrogens with one attached hydrogen (secondary N) is 1. The van der Waals surface area contributed by atoms with E-state index in [0.717, 1.165) is 17.4 Å². The van der Waals surface area contributed by atoms with Crippen LogP contribution in [0.5, 0.6) is 0 Å². The van der Waals surface area contributed by atoms with Crippen molar-refractivity contribution in [1.82, 2.24) is 5.32 Å². The Morgan fingerprint density at radius 2 is 2.11 bits per heavy atom. The second-order valence-corrected chi connectivity index (χ2v) is 5.02. The number of carbonyl (C=O) groups excluding carboxylic acids is 1. The molecule has 1 aromatic heterocycles. The third-order valence-corrected chi connectivity index (χ3v) is 2.95. The van der Waals surface area contributed by atoms with Gasteiger partial charge in [-0.3, -0.25) is 4.79 Å². The molecule has 96 valence electrons. The zero-order valence-electron chi connectivity index (χ0n) is 10.7. The summed E-state index contributed by atoms with van der Waals surface area (Å²) in [4.78, 5) is 12.2. The lowest BCUT2D eigenvalue weighted by Crippen LogP contribution is -2.44. The first kappa shape index (κ1) is 12.6. The van der Waals surface area contributed by atoms with Gasteiger partial charge in [-0.15, -0.1) is 0 Å². The molecule has 2 rings (SSSR count). The van der Waals surface area contributed by atoms with Crippen molar-refractivity contribution in [2.24, 2.45) is 5.73 Å². The van der Waals surface area contributed by atoms with Crippen molar-refractivity contribution >= 4 is 16.9 Å². The summed E-state index contributed by atoms with van der Waals surface area (Å²) >= 11 is 0. The Labute approximate surface area is 106 Å². The SMILES string of the molecule is CC(C)(CCN)NC(=O)c1coc2ccccc12. The lowest BCUT2D eigenvalue weighted by Gasteiger charge is -2.25. The van der Waals surface area contributed by atoms with E-state index in [2.05, 4.69) is 5.32 Å². The topological polar surface area (TPSA) is 68.3 Å². The first-order valence-corrected chi connectivity index (χ1v) is 6.02. The molecule has 0 saturated carbocycles. The summed E-state index contributed by atoms with van der Waals surface area (Å²) in [5.74, 6) is -0.126. The molecule has 0 aliphatic carbocycles. The molecular weight excluding hydrogens is 228 g/mol. The molecule has 4 nitrogen and oxygen atoms in total. The van der Waals surface area contributed by atoms with Crippen LogP contribution in [-0.2, 0) is 0 Å². The first-order chi connectivity index (χ1) is 8.53. The maximum absolute atomic E-state index is 12.2. The smallest absolute Gasteiger partial charge is 0.255 e. The Morgan fingerprint density at radius 3 is 2.83 bits per heavy atom. The van der Waals surface area contributed by atoms with E-state index >= 15 is 0 Å². The van der Waals surface area contributed by atoms with Crippen LogP contribution in [0.2, 0.25) is 0 Å². The molecular formula is C14H18N2O2. The zero-order chi connectivity index (χ0) is 13.2. The van der Waals surface area contributed by atoms with Gasteiger partial charge in [0.1, 0.15) is 11.8 Å². The van der Waals surface area contributed by atoms with Crippen LogP contribution in [0, 0.1) is 0 Å². The second-order valence-electron chi connectivity index (χ2n) is 5.02. The van der Waals surface area contributed by atoms with E-state index in [-0.39, 0.29) is 11.4 Å². The molecule has 0 saturated heterocycles. The number of fused-ring (bicyclic) bond motifs is 1. The van der Waals surface area contributed by atoms with E-state index in [9.17, 15) is 4.79 Å². The lowest BCUT2D eigenvalue weighted by atomic mass is 10.00. The molecule has 4 heteroatoms. The van der Waals surface area contributed by atoms with Gasteiger partial charge in [-0.05, 0) is 32.9 Å². The molecule has 0 spiro atoms. The van der Waals surface area contributed by atoms with Crippen LogP contribution in [0.4, 0.5) is 0 Å². The van der Waals surface area contributed by atoms with Gasteiger partial charge >= 0.3 is 0 Å². The highest BCUT2D eigenvalue weighted by Gasteiger charge is 2.22. The second kappa shape index (κ2) is 4.82. The third kappa shape index (κ3) is 2.54. The molecule has 0 fully saturated rings. The minimum absolute atomic E-state index is 0.126. The van der Waals surface area contributed by atoms with Crippen molar-refractivity contribution in [1.29, 1.82) is 0 Å². The fourth-order valence-corrected chi connectivity index (χ4v) is 1.95. The van der Waals surface area contributed by atoms with E-state index in [1.54, 1.807) is 0 Å². The summed E-state index contributed by atoms with van der Waals surface area (Å²) < 4.78 is 5.36. The highest BCUT2D eigenvalue weighted by Crippen LogP contribution is 2.21. The highest BCUT2D eigenvalue weighted by molar-refractivity contribution is 6.06. The molecule has 0 aliphatic heterocycles. The van der Waals surface area contributed by atoms with Crippen LogP contribution in [0.1, 0.15) is 30.6 Å². The van der Waals surface area contributed by atoms with Gasteiger partial charge in [0, 0.05) is 10.9 Å². The van der Waals surface area contributed by atoms with Crippen LogP contribution in [-0.4, -0.2) is 18.0 Å². The van der Waals surface area contributed by atoms with Gasteiger partial charge in [-0.1, -0.05) is 18.2 Å². The van der Waals surface area contributed by atoms with Crippen LogP contribution < -0.4 is 11.1 Å². The normalized spacial score (nSPS) is 11.7. The van der Waals surface area contributed by atoms with Crippen molar-refractivity contribution in [3.63, 3.8) is 0 Å². The van der Waals surface area contributed by atoms with Crippen molar-refractivity contribution < 1.29 is 9.21 Å². The van der Waals surface area contributed by atoms with Gasteiger partial charge in [-0.25, -0.2) is 0 Å². The van der Waals surface area contributed by atoms with Crippen LogP contribution >= 0.6 is 0 Å². The standard InChI is InChI=1S/C14H18N2O2/c1-14(2,7-8-15)16-13(17)11-9-18-12-6-4-3-5-10(11)12/h3-6,9H,7-8,15H2,1-2H3,(H,16,17). The van der Waals surface area contributed by atoms with E-state index in [4.69, 9.17) is 10.2 Å². The monoisotopic (exact) mass is 246 g/mol. The number of rotatable bonds is 4. The maximum atomic E-state index is 12.2. The predicted octanol–water partition coefficient (Wildman–Crippen LogP) is 2.29. The zero-order valence-corrected chi connectivity index (χ0v) is 10.7. The molecule has 0 atom stereocenters. The molecule has 1 aromatic carbocycles. The van der Waals surface area contributed by atoms with E-state index in [0.29, 0.717) is 12.1 Å². The van der Waals surface area contributed by atoms with Gasteiger partial charge in [0.2, 0.25) is 0 Å². The average Bonchev–Trinajstić information content (AvgIpc) is 2.71. The first-order valence-electron chi connectivity index (χ1n) is 6.02. The summed E-state index contributed by atoms with van der Waals surface area (Å²) in [5.41, 5.74) is 6.50. The summed E-state index contributed by atoms with van der Waals surface area (Å²) in [7, 11) is 0. The number of benzene rings is 1. The van der Waals surface area contributed by atoms with E-state index < -0.39 is 0 Å². The van der Waals surface area contributed by atoms with Crippen molar-refractivity contribution in [3.05, 3.63) is 36.1 Å². The summed E-state index contributed by atoms with van der Waals surface area (Å²) in [6, 6.07) is 7.49. The van der Waals surface area contributed by atoms with Crippen molar-refractivity contribution in [3.8, 4) is 0 Å². The number of furan rings is 1. The van der Waals surface area contributed by atoms with Gasteiger partial charge < -0.3 is 15.5 Å². The summed E-state index contributed by atoms with van der Waals surface area (Å²) in [5, 5.41) is 3.80. The Bertz CT molecular complexity index is 558. The molecule has 0 unspecified atom stereocenters. The lowest BCUT2D eigenvalue weighted by molar-refractivity contribution is 0.0911. The minimum Gasteiger partial charge on any atom is -0.463 e. The number of para-hydroxylation sites is 1. The van der Waals surface area contributed by atoms with Crippen molar-refractivity contribution in [2.75, 3.05) is 6.54 Å². The number of nitrogens with two attached hydrogens (primary N) is 1. The van der Waals surface area contributed by atoms with Crippen LogP contribution in [0.25, 0.3) is 11.0 Å². The number of hydrogen-bond acceptors (Lipinski definition) is 3. The van der Waals surface area contributed by atoms with Crippen molar-refractivity contribution in [2.45, 2.75) is 25.8 Å². The molecule has 2 aromatic rings. The Morgan fingerprint density at radius 1 is 1.39 bits per heavy atom. The van der Waals surface area contributed by atoms with Gasteiger partial charge in [0.15, 0.2) is 0 Å². The van der Waals surface area contributed by atoms with E-state index in [1.165, 1.54) is 6.26 Å². The highest BCUT2D eigenvalue weighted by atomic mass is 16.3. The molecule has 1 amide bonds. The Hall–Kier alpha value is -1.81.